The molecule has 3 aromatic rings. The van der Waals surface area contributed by atoms with Crippen molar-refractivity contribution in [3.05, 3.63) is 87.5 Å². The maximum Gasteiger partial charge on any atom is 0.256 e. The number of hydrogen-bond donors (Lipinski definition) is 2. The summed E-state index contributed by atoms with van der Waals surface area (Å²) >= 11 is 0. The van der Waals surface area contributed by atoms with Gasteiger partial charge in [0.25, 0.3) is 5.91 Å². The Bertz CT molecular complexity index is 1830. The second kappa shape index (κ2) is 16.1. The summed E-state index contributed by atoms with van der Waals surface area (Å²) in [6.07, 6.45) is 13.9. The second-order valence-electron chi connectivity index (χ2n) is 13.5. The molecule has 2 fully saturated rings. The van der Waals surface area contributed by atoms with Crippen LogP contribution in [0.3, 0.4) is 0 Å². The van der Waals surface area contributed by atoms with Crippen LogP contribution in [0.1, 0.15) is 53.1 Å². The molecule has 0 bridgehead atoms. The summed E-state index contributed by atoms with van der Waals surface area (Å²) in [4.78, 5) is 44.3. The van der Waals surface area contributed by atoms with Gasteiger partial charge in [-0.2, -0.15) is 0 Å². The number of likely N-dealkylation sites (tertiary alicyclic amines) is 1. The first kappa shape index (κ1) is 35.5. The lowest BCUT2D eigenvalue weighted by Gasteiger charge is -2.26. The first-order valence-electron chi connectivity index (χ1n) is 17.7. The lowest BCUT2D eigenvalue weighted by molar-refractivity contribution is -0.110. The summed E-state index contributed by atoms with van der Waals surface area (Å²) in [7, 11) is 3.57. The maximum atomic E-state index is 16.0. The van der Waals surface area contributed by atoms with Gasteiger partial charge in [-0.15, -0.1) is 0 Å². The Morgan fingerprint density at radius 1 is 1.12 bits per heavy atom. The summed E-state index contributed by atoms with van der Waals surface area (Å²) in [5, 5.41) is 6.22. The van der Waals surface area contributed by atoms with Crippen molar-refractivity contribution in [3.8, 4) is 11.4 Å². The summed E-state index contributed by atoms with van der Waals surface area (Å²) < 4.78 is 29.1. The molecule has 10 nitrogen and oxygen atoms in total. The summed E-state index contributed by atoms with van der Waals surface area (Å²) in [6.45, 7) is 7.85. The standard InChI is InChI=1S/C39H48FN5O5/c1-26-11-12-29(22-31(26)30-10-5-4-8-27(30)25-46)45-24-33(39(48)42-14-7-17-44-18-20-50-21-19-44)37(47)32-23-34(40)35(38(49-3)36(32)45)41-15-13-28-9-6-16-43(28)2/h4-5,8,10-12,22-25,27-28,30,41H,6-7,9,13-21H2,1-3H3,(H,42,48). The lowest BCUT2D eigenvalue weighted by atomic mass is 9.82. The van der Waals surface area contributed by atoms with Crippen LogP contribution >= 0.6 is 0 Å². The molecule has 50 heavy (non-hydrogen) atoms. The third-order valence-corrected chi connectivity index (χ3v) is 10.4. The van der Waals surface area contributed by atoms with Crippen LogP contribution in [0.2, 0.25) is 0 Å². The molecule has 3 aliphatic rings. The molecule has 0 saturated carbocycles. The summed E-state index contributed by atoms with van der Waals surface area (Å²) in [6, 6.07) is 7.45. The summed E-state index contributed by atoms with van der Waals surface area (Å²) in [5.41, 5.74) is 2.42. The molecule has 266 valence electrons. The van der Waals surface area contributed by atoms with E-state index in [2.05, 4.69) is 27.5 Å². The van der Waals surface area contributed by atoms with Gasteiger partial charge in [-0.05, 0) is 82.1 Å². The first-order valence-corrected chi connectivity index (χ1v) is 17.7. The van der Waals surface area contributed by atoms with E-state index in [-0.39, 0.29) is 34.2 Å². The molecule has 6 rings (SSSR count). The van der Waals surface area contributed by atoms with Gasteiger partial charge in [0.05, 0.1) is 25.7 Å². The number of methoxy groups -OCH3 is 1. The van der Waals surface area contributed by atoms with Crippen LogP contribution in [0.15, 0.2) is 59.6 Å². The normalized spacial score (nSPS) is 21.1. The van der Waals surface area contributed by atoms with Crippen molar-refractivity contribution in [2.75, 3.05) is 72.0 Å². The predicted molar refractivity (Wildman–Crippen MR) is 194 cm³/mol. The Kier molecular flexibility index (Phi) is 11.5. The number of aromatic nitrogens is 1. The van der Waals surface area contributed by atoms with Gasteiger partial charge >= 0.3 is 0 Å². The zero-order chi connectivity index (χ0) is 35.2. The quantitative estimate of drug-likeness (QED) is 0.195. The molecule has 1 amide bonds. The minimum atomic E-state index is -0.626. The van der Waals surface area contributed by atoms with Gasteiger partial charge in [0, 0.05) is 55.9 Å². The molecular formula is C39H48FN5O5. The fourth-order valence-electron chi connectivity index (χ4n) is 7.49. The fraction of sp³-hybridized carbons (Fsp3) is 0.462. The van der Waals surface area contributed by atoms with E-state index in [0.29, 0.717) is 50.0 Å². The maximum absolute atomic E-state index is 16.0. The van der Waals surface area contributed by atoms with E-state index in [1.165, 1.54) is 19.4 Å². The molecule has 3 atom stereocenters. The average molecular weight is 686 g/mol. The van der Waals surface area contributed by atoms with Crippen molar-refractivity contribution in [2.24, 2.45) is 5.92 Å². The Balaban J connectivity index is 1.40. The topological polar surface area (TPSA) is 105 Å². The van der Waals surface area contributed by atoms with Crippen molar-refractivity contribution in [1.82, 2.24) is 19.7 Å². The van der Waals surface area contributed by atoms with Crippen molar-refractivity contribution in [1.29, 1.82) is 0 Å². The van der Waals surface area contributed by atoms with Crippen LogP contribution in [-0.2, 0) is 9.53 Å². The molecule has 2 N–H and O–H groups in total. The van der Waals surface area contributed by atoms with Crippen LogP contribution in [0.25, 0.3) is 16.6 Å². The monoisotopic (exact) mass is 685 g/mol. The average Bonchev–Trinajstić information content (AvgIpc) is 3.55. The van der Waals surface area contributed by atoms with Gasteiger partial charge in [-0.25, -0.2) is 4.39 Å². The van der Waals surface area contributed by atoms with Gasteiger partial charge in [0.1, 0.15) is 23.1 Å². The van der Waals surface area contributed by atoms with E-state index in [9.17, 15) is 14.4 Å². The van der Waals surface area contributed by atoms with Crippen LogP contribution in [0, 0.1) is 18.7 Å². The van der Waals surface area contributed by atoms with Gasteiger partial charge in [0.15, 0.2) is 11.6 Å². The van der Waals surface area contributed by atoms with Gasteiger partial charge < -0.3 is 34.4 Å². The van der Waals surface area contributed by atoms with Crippen molar-refractivity contribution in [3.63, 3.8) is 0 Å². The smallest absolute Gasteiger partial charge is 0.256 e. The number of ether oxygens (including phenoxy) is 2. The number of fused-ring (bicyclic) bond motifs is 1. The highest BCUT2D eigenvalue weighted by Gasteiger charge is 2.27. The zero-order valence-corrected chi connectivity index (χ0v) is 29.3. The number of morpholine rings is 1. The Morgan fingerprint density at radius 2 is 1.92 bits per heavy atom. The number of carbonyl (C=O) groups excluding carboxylic acids is 2. The molecule has 1 aromatic heterocycles. The number of aryl methyl sites for hydroxylation is 1. The number of rotatable bonds is 13. The number of nitrogens with zero attached hydrogens (tertiary/aromatic N) is 3. The van der Waals surface area contributed by atoms with E-state index in [1.807, 2.05) is 49.4 Å². The lowest BCUT2D eigenvalue weighted by Crippen LogP contribution is -2.38. The highest BCUT2D eigenvalue weighted by molar-refractivity contribution is 6.00. The third kappa shape index (κ3) is 7.55. The number of hydrogen-bond acceptors (Lipinski definition) is 8. The molecule has 0 spiro atoms. The largest absolute Gasteiger partial charge is 0.492 e. The third-order valence-electron chi connectivity index (χ3n) is 10.4. The predicted octanol–water partition coefficient (Wildman–Crippen LogP) is 4.82. The first-order chi connectivity index (χ1) is 24.3. The zero-order valence-electron chi connectivity index (χ0n) is 29.3. The van der Waals surface area contributed by atoms with Crippen LogP contribution < -0.4 is 20.8 Å². The molecule has 2 aliphatic heterocycles. The number of aldehydes is 1. The van der Waals surface area contributed by atoms with Crippen LogP contribution in [0.4, 0.5) is 10.1 Å². The molecule has 3 heterocycles. The van der Waals surface area contributed by atoms with E-state index >= 15 is 4.39 Å². The van der Waals surface area contributed by atoms with Crippen molar-refractivity contribution < 1.29 is 23.5 Å². The SMILES string of the molecule is COc1c(NCCC2CCCN2C)c(F)cc2c(=O)c(C(=O)NCCCN3CCOCC3)cn(-c3ccc(C)c(C4C=CC=CC4C=O)c3)c12. The Morgan fingerprint density at radius 3 is 2.66 bits per heavy atom. The molecule has 0 radical (unpaired) electrons. The highest BCUT2D eigenvalue weighted by atomic mass is 19.1. The van der Waals surface area contributed by atoms with E-state index in [0.717, 1.165) is 62.9 Å². The Hall–Kier alpha value is -4.32. The number of benzene rings is 2. The van der Waals surface area contributed by atoms with Gasteiger partial charge in [-0.1, -0.05) is 30.4 Å². The number of carbonyl (C=O) groups is 2. The minimum Gasteiger partial charge on any atom is -0.492 e. The number of halogens is 1. The molecule has 3 unspecified atom stereocenters. The molecule has 2 saturated heterocycles. The number of anilines is 1. The fourth-order valence-corrected chi connectivity index (χ4v) is 7.49. The van der Waals surface area contributed by atoms with Gasteiger partial charge in [-0.3, -0.25) is 14.5 Å². The number of pyridine rings is 1. The minimum absolute atomic E-state index is 0.0368. The van der Waals surface area contributed by atoms with E-state index < -0.39 is 17.2 Å². The Labute approximate surface area is 292 Å². The molecule has 2 aromatic carbocycles. The molecular weight excluding hydrogens is 637 g/mol. The van der Waals surface area contributed by atoms with Gasteiger partial charge in [0.2, 0.25) is 5.43 Å². The second-order valence-corrected chi connectivity index (χ2v) is 13.5. The van der Waals surface area contributed by atoms with Crippen LogP contribution in [0.5, 0.6) is 5.75 Å². The number of amides is 1. The summed E-state index contributed by atoms with van der Waals surface area (Å²) in [5.74, 6) is -1.50. The molecule has 1 aliphatic carbocycles. The number of allylic oxidation sites excluding steroid dienone is 4. The van der Waals surface area contributed by atoms with E-state index in [4.69, 9.17) is 9.47 Å². The van der Waals surface area contributed by atoms with E-state index in [1.54, 1.807) is 4.57 Å². The van der Waals surface area contributed by atoms with Crippen LogP contribution in [-0.4, -0.2) is 99.2 Å². The van der Waals surface area contributed by atoms with Crippen molar-refractivity contribution in [2.45, 2.75) is 44.6 Å². The molecule has 11 heteroatoms. The van der Waals surface area contributed by atoms with Crippen molar-refractivity contribution >= 4 is 28.8 Å². The number of nitrogens with one attached hydrogen (secondary N) is 2. The highest BCUT2D eigenvalue weighted by Crippen LogP contribution is 2.38.